The second-order valence-corrected chi connectivity index (χ2v) is 20.4. The molecule has 242 valence electrons. The van der Waals surface area contributed by atoms with E-state index in [1.165, 1.54) is 14.1 Å². The van der Waals surface area contributed by atoms with E-state index in [1.807, 2.05) is 27.7 Å². The van der Waals surface area contributed by atoms with Crippen molar-refractivity contribution in [2.45, 2.75) is 62.2 Å². The van der Waals surface area contributed by atoms with Crippen LogP contribution in [0.3, 0.4) is 0 Å². The van der Waals surface area contributed by atoms with Crippen molar-refractivity contribution in [1.29, 1.82) is 0 Å². The van der Waals surface area contributed by atoms with Gasteiger partial charge in [0.2, 0.25) is 0 Å². The first-order valence-electron chi connectivity index (χ1n) is 14.5. The highest BCUT2D eigenvalue weighted by Gasteiger charge is 2.47. The van der Waals surface area contributed by atoms with E-state index < -0.39 is 39.4 Å². The molecule has 0 saturated carbocycles. The van der Waals surface area contributed by atoms with Gasteiger partial charge in [-0.3, -0.25) is 9.59 Å². The zero-order valence-corrected chi connectivity index (χ0v) is 30.0. The Morgan fingerprint density at radius 1 is 0.674 bits per heavy atom. The molecule has 0 aliphatic carbocycles. The van der Waals surface area contributed by atoms with Gasteiger partial charge in [-0.2, -0.15) is 10.2 Å². The third-order valence-corrected chi connectivity index (χ3v) is 17.1. The van der Waals surface area contributed by atoms with Crippen molar-refractivity contribution >= 4 is 75.3 Å². The van der Waals surface area contributed by atoms with Crippen LogP contribution in [0.15, 0.2) is 55.4 Å². The van der Waals surface area contributed by atoms with Crippen LogP contribution >= 0.6 is 23.5 Å². The zero-order chi connectivity index (χ0) is 33.7. The van der Waals surface area contributed by atoms with E-state index in [4.69, 9.17) is 0 Å². The van der Waals surface area contributed by atoms with Crippen molar-refractivity contribution in [2.75, 3.05) is 25.6 Å². The standard InChI is InChI=1S/C32H34N4O6S4/c1-17-19(9-11-23-25(17)31(3,4)15-43-23)27(21-13-33-35(7)29(21)37)45(39,40)46(41,42)28(22-14-34-36(8)30(22)38)20-10-12-24-26(18(20)2)32(5,6)16-44-24/h9-14H,15-16H2,1-8H3/b27-21-,28-22+. The average Bonchev–Trinajstić information content (AvgIpc) is 3.68. The molecule has 6 rings (SSSR count). The molecule has 0 aromatic heterocycles. The number of amides is 2. The minimum atomic E-state index is -5.45. The van der Waals surface area contributed by atoms with E-state index in [0.717, 1.165) is 54.9 Å². The largest absolute Gasteiger partial charge is 0.287 e. The Morgan fingerprint density at radius 3 is 1.33 bits per heavy atom. The van der Waals surface area contributed by atoms with Crippen LogP contribution in [0.5, 0.6) is 0 Å². The third-order valence-electron chi connectivity index (χ3n) is 8.92. The average molecular weight is 699 g/mol. The maximum atomic E-state index is 14.9. The number of rotatable bonds is 5. The van der Waals surface area contributed by atoms with Crippen molar-refractivity contribution in [1.82, 2.24) is 10.0 Å². The van der Waals surface area contributed by atoms with Crippen molar-refractivity contribution < 1.29 is 26.4 Å². The lowest BCUT2D eigenvalue weighted by Gasteiger charge is -2.25. The smallest absolute Gasteiger partial charge is 0.267 e. The van der Waals surface area contributed by atoms with Gasteiger partial charge in [-0.1, -0.05) is 39.8 Å². The van der Waals surface area contributed by atoms with Crippen LogP contribution < -0.4 is 0 Å². The summed E-state index contributed by atoms with van der Waals surface area (Å²) in [6, 6.07) is 6.65. The Hall–Kier alpha value is -3.20. The molecule has 4 aliphatic heterocycles. The Bertz CT molecular complexity index is 1970. The van der Waals surface area contributed by atoms with Gasteiger partial charge in [0.15, 0.2) is 0 Å². The van der Waals surface area contributed by atoms with Crippen LogP contribution in [0.2, 0.25) is 0 Å². The molecule has 10 nitrogen and oxygen atoms in total. The number of hydrazone groups is 2. The van der Waals surface area contributed by atoms with E-state index in [-0.39, 0.29) is 33.1 Å². The highest BCUT2D eigenvalue weighted by Crippen LogP contribution is 2.50. The summed E-state index contributed by atoms with van der Waals surface area (Å²) < 4.78 is 59.8. The van der Waals surface area contributed by atoms with Gasteiger partial charge in [-0.25, -0.2) is 26.9 Å². The fourth-order valence-corrected chi connectivity index (χ4v) is 14.1. The lowest BCUT2D eigenvalue weighted by molar-refractivity contribution is -0.125. The molecule has 0 atom stereocenters. The van der Waals surface area contributed by atoms with Crippen LogP contribution in [0, 0.1) is 13.8 Å². The summed E-state index contributed by atoms with van der Waals surface area (Å²) in [5, 5.41) is 9.90. The van der Waals surface area contributed by atoms with Gasteiger partial charge in [-0.05, 0) is 59.4 Å². The third kappa shape index (κ3) is 4.66. The SMILES string of the molecule is Cc1c(/C(=C2\C=NN(C)C2=O)S(=O)(=O)S(=O)(=O)/C(=C2\C=NN(C)C2=O)c2ccc3c(c2C)C(C)(C)CS3)ccc2c1C(C)(C)CS2. The topological polar surface area (TPSA) is 134 Å². The summed E-state index contributed by atoms with van der Waals surface area (Å²) in [4.78, 5) is 27.4. The fraction of sp³-hybridized carbons (Fsp3) is 0.375. The van der Waals surface area contributed by atoms with Gasteiger partial charge in [0.1, 0.15) is 9.81 Å². The predicted octanol–water partition coefficient (Wildman–Crippen LogP) is 4.85. The predicted molar refractivity (Wildman–Crippen MR) is 184 cm³/mol. The number of hydrogen-bond donors (Lipinski definition) is 0. The Morgan fingerprint density at radius 2 is 1.02 bits per heavy atom. The van der Waals surface area contributed by atoms with E-state index in [1.54, 1.807) is 61.6 Å². The molecule has 0 fully saturated rings. The van der Waals surface area contributed by atoms with Crippen LogP contribution in [0.25, 0.3) is 9.81 Å². The molecule has 0 spiro atoms. The maximum Gasteiger partial charge on any atom is 0.287 e. The first-order chi connectivity index (χ1) is 21.3. The van der Waals surface area contributed by atoms with Gasteiger partial charge in [-0.15, -0.1) is 23.5 Å². The van der Waals surface area contributed by atoms with E-state index in [2.05, 4.69) is 10.2 Å². The first-order valence-corrected chi connectivity index (χ1v) is 20.0. The molecule has 0 bridgehead atoms. The number of likely N-dealkylation sites (N-methyl/N-ethyl adjacent to an activating group) is 2. The maximum absolute atomic E-state index is 14.9. The second-order valence-electron chi connectivity index (χ2n) is 13.1. The summed E-state index contributed by atoms with van der Waals surface area (Å²) in [7, 11) is -8.16. The van der Waals surface area contributed by atoms with Crippen molar-refractivity contribution in [3.63, 3.8) is 0 Å². The minimum Gasteiger partial charge on any atom is -0.267 e. The molecular weight excluding hydrogens is 665 g/mol. The molecule has 14 heteroatoms. The van der Waals surface area contributed by atoms with Gasteiger partial charge in [0.05, 0.1) is 23.6 Å². The molecule has 46 heavy (non-hydrogen) atoms. The normalized spacial score (nSPS) is 22.2. The van der Waals surface area contributed by atoms with Gasteiger partial charge >= 0.3 is 0 Å². The number of thioether (sulfide) groups is 2. The highest BCUT2D eigenvalue weighted by molar-refractivity contribution is 8.74. The number of fused-ring (bicyclic) bond motifs is 2. The minimum absolute atomic E-state index is 0.0964. The number of benzene rings is 2. The van der Waals surface area contributed by atoms with Crippen LogP contribution in [0.1, 0.15) is 61.1 Å². The van der Waals surface area contributed by atoms with Gasteiger partial charge < -0.3 is 0 Å². The Kier molecular flexibility index (Phi) is 7.58. The number of hydrogen-bond acceptors (Lipinski definition) is 10. The van der Waals surface area contributed by atoms with E-state index in [9.17, 15) is 26.4 Å². The Balaban J connectivity index is 1.68. The van der Waals surface area contributed by atoms with Gasteiger partial charge in [0.25, 0.3) is 29.6 Å². The number of nitrogens with zero attached hydrogens (tertiary/aromatic N) is 4. The molecule has 0 unspecified atom stereocenters. The monoisotopic (exact) mass is 698 g/mol. The molecule has 2 aromatic carbocycles. The summed E-state index contributed by atoms with van der Waals surface area (Å²) in [6.07, 6.45) is 2.17. The van der Waals surface area contributed by atoms with Crippen molar-refractivity contribution in [3.05, 3.63) is 68.8 Å². The molecule has 0 radical (unpaired) electrons. The van der Waals surface area contributed by atoms with Gasteiger partial charge in [0, 0.05) is 46.2 Å². The van der Waals surface area contributed by atoms with Crippen molar-refractivity contribution in [2.24, 2.45) is 10.2 Å². The lowest BCUT2D eigenvalue weighted by atomic mass is 9.82. The highest BCUT2D eigenvalue weighted by atomic mass is 33.2. The van der Waals surface area contributed by atoms with E-state index in [0.29, 0.717) is 11.1 Å². The summed E-state index contributed by atoms with van der Waals surface area (Å²) in [5.41, 5.74) is 1.70. The molecule has 0 saturated heterocycles. The van der Waals surface area contributed by atoms with Crippen molar-refractivity contribution in [3.8, 4) is 0 Å². The lowest BCUT2D eigenvalue weighted by Crippen LogP contribution is -2.27. The fourth-order valence-electron chi connectivity index (χ4n) is 6.66. The number of carbonyl (C=O) groups excluding carboxylic acids is 2. The van der Waals surface area contributed by atoms with Crippen LogP contribution in [-0.2, 0) is 38.2 Å². The second kappa shape index (κ2) is 10.7. The zero-order valence-electron chi connectivity index (χ0n) is 26.7. The Labute approximate surface area is 277 Å². The molecular formula is C32H34N4O6S4. The molecule has 0 N–H and O–H groups in total. The van der Waals surface area contributed by atoms with Crippen LogP contribution in [-0.4, -0.2) is 76.7 Å². The summed E-state index contributed by atoms with van der Waals surface area (Å²) >= 11 is 3.27. The quantitative estimate of drug-likeness (QED) is 0.320. The molecule has 2 amide bonds. The molecule has 4 aliphatic rings. The summed E-state index contributed by atoms with van der Waals surface area (Å²) in [6.45, 7) is 11.6. The summed E-state index contributed by atoms with van der Waals surface area (Å²) in [5.74, 6) is -0.0154. The van der Waals surface area contributed by atoms with Crippen LogP contribution in [0.4, 0.5) is 0 Å². The van der Waals surface area contributed by atoms with E-state index >= 15 is 0 Å². The molecule has 2 aromatic rings. The number of carbonyl (C=O) groups is 2. The first kappa shape index (κ1) is 32.7. The molecule has 4 heterocycles.